The van der Waals surface area contributed by atoms with Crippen LogP contribution in [0.25, 0.3) is 11.5 Å². The van der Waals surface area contributed by atoms with Crippen molar-refractivity contribution >= 4 is 5.91 Å². The third-order valence-electron chi connectivity index (χ3n) is 6.88. The van der Waals surface area contributed by atoms with Crippen molar-refractivity contribution in [1.29, 1.82) is 0 Å². The van der Waals surface area contributed by atoms with Crippen molar-refractivity contribution in [2.45, 2.75) is 51.0 Å². The van der Waals surface area contributed by atoms with Crippen LogP contribution in [0.3, 0.4) is 0 Å². The predicted molar refractivity (Wildman–Crippen MR) is 106 cm³/mol. The summed E-state index contributed by atoms with van der Waals surface area (Å²) in [5.74, 6) is 3.18. The highest BCUT2D eigenvalue weighted by Gasteiger charge is 2.41. The molecule has 0 aromatic carbocycles. The lowest BCUT2D eigenvalue weighted by molar-refractivity contribution is -0.127. The zero-order valence-corrected chi connectivity index (χ0v) is 16.4. The van der Waals surface area contributed by atoms with Crippen molar-refractivity contribution in [3.8, 4) is 11.5 Å². The number of furan rings is 1. The summed E-state index contributed by atoms with van der Waals surface area (Å²) >= 11 is 0. The number of fused-ring (bicyclic) bond motifs is 3. The minimum atomic E-state index is 0.264. The largest absolute Gasteiger partial charge is 0.463 e. The van der Waals surface area contributed by atoms with Gasteiger partial charge in [0, 0.05) is 36.7 Å². The highest BCUT2D eigenvalue weighted by molar-refractivity contribution is 5.79. The van der Waals surface area contributed by atoms with Crippen molar-refractivity contribution < 1.29 is 9.21 Å². The first kappa shape index (κ1) is 17.9. The van der Waals surface area contributed by atoms with Crippen LogP contribution in [0.5, 0.6) is 0 Å². The van der Waals surface area contributed by atoms with Gasteiger partial charge in [0.1, 0.15) is 11.5 Å². The van der Waals surface area contributed by atoms with Crippen LogP contribution in [0.15, 0.2) is 28.9 Å². The number of piperidine rings is 3. The van der Waals surface area contributed by atoms with Gasteiger partial charge in [0.05, 0.1) is 6.26 Å². The molecule has 1 saturated carbocycles. The molecule has 2 bridgehead atoms. The van der Waals surface area contributed by atoms with Gasteiger partial charge in [-0.2, -0.15) is 0 Å². The second-order valence-corrected chi connectivity index (χ2v) is 8.62. The number of hydrogen-bond acceptors (Lipinski definition) is 5. The molecule has 2 aromatic heterocycles. The number of rotatable bonds is 5. The number of hydrogen-bond donors (Lipinski definition) is 1. The van der Waals surface area contributed by atoms with E-state index in [4.69, 9.17) is 9.40 Å². The Labute approximate surface area is 165 Å². The van der Waals surface area contributed by atoms with Crippen LogP contribution in [-0.2, 0) is 4.79 Å². The Morgan fingerprint density at radius 1 is 1.32 bits per heavy atom. The Hall–Kier alpha value is -2.21. The maximum absolute atomic E-state index is 12.2. The summed E-state index contributed by atoms with van der Waals surface area (Å²) in [6.45, 7) is 4.89. The van der Waals surface area contributed by atoms with E-state index in [2.05, 4.69) is 21.3 Å². The Morgan fingerprint density at radius 2 is 2.21 bits per heavy atom. The van der Waals surface area contributed by atoms with Gasteiger partial charge < -0.3 is 9.73 Å². The van der Waals surface area contributed by atoms with Crippen LogP contribution >= 0.6 is 0 Å². The van der Waals surface area contributed by atoms with Gasteiger partial charge >= 0.3 is 0 Å². The Bertz CT molecular complexity index is 846. The molecule has 0 spiro atoms. The number of nitrogens with one attached hydrogen (secondary N) is 1. The molecule has 1 amide bonds. The average molecular weight is 380 g/mol. The van der Waals surface area contributed by atoms with Gasteiger partial charge in [-0.25, -0.2) is 9.97 Å². The smallest absolute Gasteiger partial charge is 0.223 e. The second-order valence-electron chi connectivity index (χ2n) is 8.62. The van der Waals surface area contributed by atoms with Gasteiger partial charge in [0.2, 0.25) is 5.91 Å². The molecule has 4 atom stereocenters. The van der Waals surface area contributed by atoms with Gasteiger partial charge in [-0.15, -0.1) is 0 Å². The summed E-state index contributed by atoms with van der Waals surface area (Å²) in [6.07, 6.45) is 7.36. The quantitative estimate of drug-likeness (QED) is 0.863. The zero-order valence-electron chi connectivity index (χ0n) is 16.4. The van der Waals surface area contributed by atoms with E-state index in [0.717, 1.165) is 61.9 Å². The first-order valence-corrected chi connectivity index (χ1v) is 10.6. The van der Waals surface area contributed by atoms with Crippen LogP contribution in [0.1, 0.15) is 49.5 Å². The van der Waals surface area contributed by atoms with Crippen molar-refractivity contribution in [3.63, 3.8) is 0 Å². The molecule has 4 aliphatic rings. The number of nitrogens with zero attached hydrogens (tertiary/aromatic N) is 3. The van der Waals surface area contributed by atoms with E-state index in [-0.39, 0.29) is 11.8 Å². The van der Waals surface area contributed by atoms with E-state index in [1.165, 1.54) is 12.8 Å². The van der Waals surface area contributed by atoms with E-state index in [9.17, 15) is 4.79 Å². The first-order chi connectivity index (χ1) is 13.7. The maximum atomic E-state index is 12.2. The fraction of sp³-hybridized carbons (Fsp3) is 0.591. The molecule has 0 radical (unpaired) electrons. The van der Waals surface area contributed by atoms with Crippen LogP contribution in [0, 0.1) is 18.8 Å². The van der Waals surface area contributed by atoms with Crippen LogP contribution in [-0.4, -0.2) is 46.5 Å². The van der Waals surface area contributed by atoms with Crippen molar-refractivity contribution in [2.75, 3.05) is 19.6 Å². The molecule has 3 saturated heterocycles. The summed E-state index contributed by atoms with van der Waals surface area (Å²) in [5.41, 5.74) is 2.00. The topological polar surface area (TPSA) is 71.3 Å². The van der Waals surface area contributed by atoms with Crippen molar-refractivity contribution in [2.24, 2.45) is 11.8 Å². The third-order valence-corrected chi connectivity index (χ3v) is 6.88. The fourth-order valence-electron chi connectivity index (χ4n) is 5.05. The van der Waals surface area contributed by atoms with Gasteiger partial charge in [0.15, 0.2) is 5.76 Å². The first-order valence-electron chi connectivity index (χ1n) is 10.6. The van der Waals surface area contributed by atoms with Crippen molar-refractivity contribution in [3.05, 3.63) is 36.0 Å². The Balaban J connectivity index is 1.28. The number of carbonyl (C=O) groups excluding carboxylic acids is 1. The standard InChI is InChI=1S/C22H28N4O2/c1-14-24-19(11-20(25-14)21-6-3-9-28-21)18-13-26-8-7-16(18)10-17(26)12-23-22(27)15-4-2-5-15/h3,6,9,11,15-18H,2,4-5,7-8,10,12-13H2,1H3,(H,23,27)/t16-,17+,18+/m0/s1. The van der Waals surface area contributed by atoms with E-state index in [1.54, 1.807) is 6.26 Å². The summed E-state index contributed by atoms with van der Waals surface area (Å²) < 4.78 is 5.54. The molecule has 2 aromatic rings. The molecule has 6 nitrogen and oxygen atoms in total. The molecule has 3 aliphatic heterocycles. The monoisotopic (exact) mass is 380 g/mol. The Kier molecular flexibility index (Phi) is 4.67. The molecule has 5 heterocycles. The number of carbonyl (C=O) groups is 1. The third kappa shape index (κ3) is 3.34. The minimum Gasteiger partial charge on any atom is -0.463 e. The van der Waals surface area contributed by atoms with E-state index < -0.39 is 0 Å². The number of amides is 1. The lowest BCUT2D eigenvalue weighted by Crippen LogP contribution is -2.56. The average Bonchev–Trinajstić information content (AvgIpc) is 3.20. The zero-order chi connectivity index (χ0) is 19.1. The molecule has 4 fully saturated rings. The lowest BCUT2D eigenvalue weighted by Gasteiger charge is -2.50. The van der Waals surface area contributed by atoms with Crippen LogP contribution in [0.4, 0.5) is 0 Å². The van der Waals surface area contributed by atoms with Gasteiger partial charge in [-0.1, -0.05) is 6.42 Å². The van der Waals surface area contributed by atoms with Gasteiger partial charge in [0.25, 0.3) is 0 Å². The van der Waals surface area contributed by atoms with E-state index in [1.807, 2.05) is 19.1 Å². The SMILES string of the molecule is Cc1nc(-c2ccco2)cc([C@@H]2CN3CC[C@H]2C[C@@H]3CNC(=O)C2CCC2)n1. The second kappa shape index (κ2) is 7.32. The minimum absolute atomic E-state index is 0.264. The maximum Gasteiger partial charge on any atom is 0.223 e. The summed E-state index contributed by atoms with van der Waals surface area (Å²) in [6, 6.07) is 6.41. The summed E-state index contributed by atoms with van der Waals surface area (Å²) in [5, 5.41) is 3.21. The fourth-order valence-corrected chi connectivity index (χ4v) is 5.05. The lowest BCUT2D eigenvalue weighted by atomic mass is 9.74. The molecule has 148 valence electrons. The Morgan fingerprint density at radius 3 is 2.89 bits per heavy atom. The molecular formula is C22H28N4O2. The van der Waals surface area contributed by atoms with Crippen LogP contribution < -0.4 is 5.32 Å². The molecule has 1 aliphatic carbocycles. The molecule has 6 rings (SSSR count). The predicted octanol–water partition coefficient (Wildman–Crippen LogP) is 3.14. The summed E-state index contributed by atoms with van der Waals surface area (Å²) in [7, 11) is 0. The molecule has 1 N–H and O–H groups in total. The van der Waals surface area contributed by atoms with Crippen LogP contribution in [0.2, 0.25) is 0 Å². The van der Waals surface area contributed by atoms with E-state index in [0.29, 0.717) is 17.9 Å². The molecular weight excluding hydrogens is 352 g/mol. The highest BCUT2D eigenvalue weighted by atomic mass is 16.3. The molecule has 1 unspecified atom stereocenters. The van der Waals surface area contributed by atoms with Gasteiger partial charge in [-0.05, 0) is 63.3 Å². The van der Waals surface area contributed by atoms with Gasteiger partial charge in [-0.3, -0.25) is 9.69 Å². The van der Waals surface area contributed by atoms with E-state index >= 15 is 0 Å². The number of aryl methyl sites for hydroxylation is 1. The van der Waals surface area contributed by atoms with Crippen molar-refractivity contribution in [1.82, 2.24) is 20.2 Å². The highest BCUT2D eigenvalue weighted by Crippen LogP contribution is 2.41. The number of aromatic nitrogens is 2. The normalized spacial score (nSPS) is 29.5. The molecule has 28 heavy (non-hydrogen) atoms. The molecule has 6 heteroatoms. The summed E-state index contributed by atoms with van der Waals surface area (Å²) in [4.78, 5) is 24.1.